The highest BCUT2D eigenvalue weighted by Gasteiger charge is 2.31. The highest BCUT2D eigenvalue weighted by Crippen LogP contribution is 2.31. The number of amides is 1. The Bertz CT molecular complexity index is 1410. The molecule has 7 nitrogen and oxygen atoms in total. The number of alkyl halides is 3. The molecule has 4 aromatic rings. The van der Waals surface area contributed by atoms with E-state index in [-0.39, 0.29) is 12.5 Å². The minimum Gasteiger partial charge on any atom is -0.496 e. The summed E-state index contributed by atoms with van der Waals surface area (Å²) in [5.41, 5.74) is 8.52. The van der Waals surface area contributed by atoms with Crippen molar-refractivity contribution in [1.82, 2.24) is 20.3 Å². The Morgan fingerprint density at radius 3 is 2.66 bits per heavy atom. The highest BCUT2D eigenvalue weighted by atomic mass is 19.4. The second-order valence-electron chi connectivity index (χ2n) is 7.96. The molecule has 0 aliphatic carbocycles. The van der Waals surface area contributed by atoms with Crippen LogP contribution in [0.15, 0.2) is 54.9 Å². The number of ether oxygens (including phenoxy) is 1. The minimum atomic E-state index is -4.47. The number of benzene rings is 1. The van der Waals surface area contributed by atoms with Gasteiger partial charge in [0.25, 0.3) is 5.91 Å². The van der Waals surface area contributed by atoms with Gasteiger partial charge in [-0.25, -0.2) is 4.98 Å². The van der Waals surface area contributed by atoms with E-state index in [2.05, 4.69) is 20.3 Å². The normalized spacial score (nSPS) is 11.5. The van der Waals surface area contributed by atoms with Crippen molar-refractivity contribution >= 4 is 22.6 Å². The number of pyridine rings is 3. The lowest BCUT2D eigenvalue weighted by atomic mass is 10.0. The average molecular weight is 481 g/mol. The van der Waals surface area contributed by atoms with Gasteiger partial charge in [0.05, 0.1) is 18.2 Å². The number of hydrogen-bond donors (Lipinski definition) is 2. The number of aromatic nitrogens is 3. The van der Waals surface area contributed by atoms with Crippen LogP contribution in [-0.2, 0) is 19.1 Å². The number of fused-ring (bicyclic) bond motifs is 1. The molecule has 0 radical (unpaired) electrons. The number of halogens is 3. The predicted molar refractivity (Wildman–Crippen MR) is 125 cm³/mol. The highest BCUT2D eigenvalue weighted by molar-refractivity contribution is 5.94. The van der Waals surface area contributed by atoms with E-state index in [0.29, 0.717) is 51.4 Å². The van der Waals surface area contributed by atoms with Crippen molar-refractivity contribution in [2.24, 2.45) is 0 Å². The SMILES string of the molecule is COc1cc(N)nc(C)c1CNC(=O)c1ccnc(Cc2ccc3ncc(C(F)(F)F)cc3c2)c1. The van der Waals surface area contributed by atoms with Crippen molar-refractivity contribution in [2.45, 2.75) is 26.1 Å². The zero-order valence-electron chi connectivity index (χ0n) is 19.0. The monoisotopic (exact) mass is 481 g/mol. The summed E-state index contributed by atoms with van der Waals surface area (Å²) < 4.78 is 44.4. The zero-order valence-corrected chi connectivity index (χ0v) is 19.0. The first-order valence-electron chi connectivity index (χ1n) is 10.6. The number of carbonyl (C=O) groups is 1. The van der Waals surface area contributed by atoms with Gasteiger partial charge < -0.3 is 15.8 Å². The smallest absolute Gasteiger partial charge is 0.417 e. The molecule has 3 heterocycles. The molecule has 0 aliphatic rings. The summed E-state index contributed by atoms with van der Waals surface area (Å²) in [6.45, 7) is 1.97. The van der Waals surface area contributed by atoms with Crippen molar-refractivity contribution in [2.75, 3.05) is 12.8 Å². The van der Waals surface area contributed by atoms with Crippen molar-refractivity contribution in [3.8, 4) is 5.75 Å². The number of rotatable bonds is 6. The molecular weight excluding hydrogens is 459 g/mol. The molecule has 0 atom stereocenters. The molecule has 4 rings (SSSR count). The Labute approximate surface area is 199 Å². The van der Waals surface area contributed by atoms with Gasteiger partial charge >= 0.3 is 6.18 Å². The van der Waals surface area contributed by atoms with Gasteiger partial charge in [0.15, 0.2) is 0 Å². The Balaban J connectivity index is 1.50. The fraction of sp³-hybridized carbons (Fsp3) is 0.200. The molecule has 180 valence electrons. The standard InChI is InChI=1S/C25H22F3N5O2/c1-14-20(22(35-2)11-23(29)33-14)13-32-24(34)16-5-6-30-19(10-16)8-15-3-4-21-17(7-15)9-18(12-31-21)25(26,27)28/h3-7,9-12H,8,13H2,1-2H3,(H2,29,33)(H,32,34). The molecular formula is C25H22F3N5O2. The summed E-state index contributed by atoms with van der Waals surface area (Å²) in [5.74, 6) is 0.543. The van der Waals surface area contributed by atoms with Crippen molar-refractivity contribution in [1.29, 1.82) is 0 Å². The van der Waals surface area contributed by atoms with Gasteiger partial charge in [0.2, 0.25) is 0 Å². The molecule has 1 amide bonds. The van der Waals surface area contributed by atoms with Crippen molar-refractivity contribution < 1.29 is 22.7 Å². The minimum absolute atomic E-state index is 0.192. The van der Waals surface area contributed by atoms with E-state index in [1.807, 2.05) is 0 Å². The Hall–Kier alpha value is -4.21. The first-order chi connectivity index (χ1) is 16.6. The molecule has 3 N–H and O–H groups in total. The van der Waals surface area contributed by atoms with Gasteiger partial charge in [0.1, 0.15) is 11.6 Å². The van der Waals surface area contributed by atoms with Gasteiger partial charge in [-0.1, -0.05) is 6.07 Å². The molecule has 0 saturated heterocycles. The number of nitrogen functional groups attached to an aromatic ring is 1. The largest absolute Gasteiger partial charge is 0.496 e. The molecule has 0 bridgehead atoms. The molecule has 3 aromatic heterocycles. The number of nitrogens with two attached hydrogens (primary N) is 1. The Morgan fingerprint density at radius 1 is 1.11 bits per heavy atom. The van der Waals surface area contributed by atoms with Crippen LogP contribution in [0.3, 0.4) is 0 Å². The van der Waals surface area contributed by atoms with E-state index >= 15 is 0 Å². The van der Waals surface area contributed by atoms with Crippen LogP contribution in [-0.4, -0.2) is 28.0 Å². The van der Waals surface area contributed by atoms with E-state index in [1.165, 1.54) is 13.3 Å². The molecule has 10 heteroatoms. The Morgan fingerprint density at radius 2 is 1.91 bits per heavy atom. The van der Waals surface area contributed by atoms with Crippen LogP contribution >= 0.6 is 0 Å². The molecule has 0 saturated carbocycles. The predicted octanol–water partition coefficient (Wildman–Crippen LogP) is 4.46. The maximum Gasteiger partial charge on any atom is 0.417 e. The van der Waals surface area contributed by atoms with Gasteiger partial charge in [-0.2, -0.15) is 13.2 Å². The van der Waals surface area contributed by atoms with Crippen LogP contribution in [0.5, 0.6) is 5.75 Å². The van der Waals surface area contributed by atoms with Crippen molar-refractivity contribution in [3.63, 3.8) is 0 Å². The lowest BCUT2D eigenvalue weighted by Gasteiger charge is -2.13. The van der Waals surface area contributed by atoms with Crippen molar-refractivity contribution in [3.05, 3.63) is 88.5 Å². The van der Waals surface area contributed by atoms with Crippen LogP contribution < -0.4 is 15.8 Å². The van der Waals surface area contributed by atoms with Crippen LogP contribution in [0, 0.1) is 6.92 Å². The lowest BCUT2D eigenvalue weighted by molar-refractivity contribution is -0.137. The third-order valence-corrected chi connectivity index (χ3v) is 5.49. The number of hydrogen-bond acceptors (Lipinski definition) is 6. The summed E-state index contributed by atoms with van der Waals surface area (Å²) in [4.78, 5) is 25.2. The maximum atomic E-state index is 13.0. The number of anilines is 1. The van der Waals surface area contributed by atoms with E-state index in [9.17, 15) is 18.0 Å². The molecule has 0 spiro atoms. The summed E-state index contributed by atoms with van der Waals surface area (Å²) in [7, 11) is 1.52. The topological polar surface area (TPSA) is 103 Å². The van der Waals surface area contributed by atoms with Gasteiger partial charge in [-0.15, -0.1) is 0 Å². The van der Waals surface area contributed by atoms with Gasteiger partial charge in [0, 0.05) is 59.3 Å². The molecule has 1 aromatic carbocycles. The molecule has 0 fully saturated rings. The fourth-order valence-electron chi connectivity index (χ4n) is 3.73. The fourth-order valence-corrected chi connectivity index (χ4v) is 3.73. The zero-order chi connectivity index (χ0) is 25.2. The number of nitrogens with zero attached hydrogens (tertiary/aromatic N) is 3. The van der Waals surface area contributed by atoms with Crippen LogP contribution in [0.4, 0.5) is 19.0 Å². The summed E-state index contributed by atoms with van der Waals surface area (Å²) in [6, 6.07) is 11.0. The summed E-state index contributed by atoms with van der Waals surface area (Å²) in [6.07, 6.45) is -1.79. The second kappa shape index (κ2) is 9.57. The van der Waals surface area contributed by atoms with Crippen LogP contribution in [0.25, 0.3) is 10.9 Å². The number of methoxy groups -OCH3 is 1. The van der Waals surface area contributed by atoms with E-state index in [0.717, 1.165) is 17.8 Å². The molecule has 0 aliphatic heterocycles. The van der Waals surface area contributed by atoms with E-state index in [4.69, 9.17) is 10.5 Å². The van der Waals surface area contributed by atoms with E-state index in [1.54, 1.807) is 43.3 Å². The maximum absolute atomic E-state index is 13.0. The number of carbonyl (C=O) groups excluding carboxylic acids is 1. The third kappa shape index (κ3) is 5.48. The Kier molecular flexibility index (Phi) is 6.54. The lowest BCUT2D eigenvalue weighted by Crippen LogP contribution is -2.24. The second-order valence-corrected chi connectivity index (χ2v) is 7.96. The first-order valence-corrected chi connectivity index (χ1v) is 10.6. The number of aryl methyl sites for hydroxylation is 1. The van der Waals surface area contributed by atoms with Crippen LogP contribution in [0.2, 0.25) is 0 Å². The average Bonchev–Trinajstić information content (AvgIpc) is 2.82. The third-order valence-electron chi connectivity index (χ3n) is 5.49. The van der Waals surface area contributed by atoms with Gasteiger partial charge in [-0.05, 0) is 42.8 Å². The first kappa shape index (κ1) is 23.9. The summed E-state index contributed by atoms with van der Waals surface area (Å²) in [5, 5.41) is 3.23. The van der Waals surface area contributed by atoms with Crippen LogP contribution in [0.1, 0.15) is 38.4 Å². The molecule has 0 unspecified atom stereocenters. The molecule has 35 heavy (non-hydrogen) atoms. The quantitative estimate of drug-likeness (QED) is 0.422. The number of nitrogens with one attached hydrogen (secondary N) is 1. The van der Waals surface area contributed by atoms with Gasteiger partial charge in [-0.3, -0.25) is 14.8 Å². The van der Waals surface area contributed by atoms with E-state index < -0.39 is 11.7 Å². The summed E-state index contributed by atoms with van der Waals surface area (Å²) >= 11 is 0.